The molecule has 2 heterocycles. The molecular formula is C27H22F6N2O5S. The highest BCUT2D eigenvalue weighted by Gasteiger charge is 2.39. The first kappa shape index (κ1) is 28.7. The smallest absolute Gasteiger partial charge is 0.416 e. The highest BCUT2D eigenvalue weighted by molar-refractivity contribution is 7.92. The van der Waals surface area contributed by atoms with Gasteiger partial charge in [0.1, 0.15) is 18.2 Å². The third kappa shape index (κ3) is 5.98. The van der Waals surface area contributed by atoms with Gasteiger partial charge in [0.15, 0.2) is 0 Å². The molecule has 0 spiro atoms. The minimum absolute atomic E-state index is 0.0362. The molecule has 1 saturated heterocycles. The summed E-state index contributed by atoms with van der Waals surface area (Å²) in [4.78, 5) is 14.0. The number of carbonyl (C=O) groups excluding carboxylic acids is 1. The molecule has 2 aliphatic heterocycles. The largest absolute Gasteiger partial charge is 0.435 e. The molecular weight excluding hydrogens is 578 g/mol. The number of rotatable bonds is 7. The molecule has 1 fully saturated rings. The van der Waals surface area contributed by atoms with Crippen LogP contribution in [-0.2, 0) is 20.9 Å². The van der Waals surface area contributed by atoms with Crippen LogP contribution >= 0.6 is 0 Å². The van der Waals surface area contributed by atoms with Gasteiger partial charge in [-0.2, -0.15) is 22.0 Å². The van der Waals surface area contributed by atoms with Crippen molar-refractivity contribution < 1.29 is 49.0 Å². The average molecular weight is 601 g/mol. The molecule has 41 heavy (non-hydrogen) atoms. The van der Waals surface area contributed by atoms with Crippen LogP contribution in [0.25, 0.3) is 11.1 Å². The Kier molecular flexibility index (Phi) is 7.64. The molecule has 14 heteroatoms. The first-order chi connectivity index (χ1) is 19.3. The number of amides is 1. The normalized spacial score (nSPS) is 17.7. The highest BCUT2D eigenvalue weighted by atomic mass is 32.2. The van der Waals surface area contributed by atoms with Crippen LogP contribution in [0.2, 0.25) is 0 Å². The Morgan fingerprint density at radius 1 is 1.02 bits per heavy atom. The van der Waals surface area contributed by atoms with E-state index in [4.69, 9.17) is 4.74 Å². The average Bonchev–Trinajstić information content (AvgIpc) is 3.42. The maximum atomic E-state index is 14.2. The third-order valence-corrected chi connectivity index (χ3v) is 8.45. The summed E-state index contributed by atoms with van der Waals surface area (Å²) in [5, 5.41) is 0. The van der Waals surface area contributed by atoms with Gasteiger partial charge in [-0.3, -0.25) is 4.79 Å². The highest BCUT2D eigenvalue weighted by Crippen LogP contribution is 2.38. The van der Waals surface area contributed by atoms with E-state index in [0.29, 0.717) is 19.1 Å². The van der Waals surface area contributed by atoms with Crippen LogP contribution < -0.4 is 9.04 Å². The molecule has 0 radical (unpaired) electrons. The van der Waals surface area contributed by atoms with Gasteiger partial charge in [0.05, 0.1) is 27.8 Å². The van der Waals surface area contributed by atoms with Gasteiger partial charge in [-0.15, -0.1) is 0 Å². The summed E-state index contributed by atoms with van der Waals surface area (Å²) < 4.78 is 118. The molecule has 5 rings (SSSR count). The summed E-state index contributed by atoms with van der Waals surface area (Å²) >= 11 is 0. The monoisotopic (exact) mass is 600 g/mol. The number of fused-ring (bicyclic) bond motifs is 1. The van der Waals surface area contributed by atoms with E-state index >= 15 is 0 Å². The number of halogens is 6. The maximum absolute atomic E-state index is 14.2. The van der Waals surface area contributed by atoms with Gasteiger partial charge < -0.3 is 14.4 Å². The van der Waals surface area contributed by atoms with Crippen LogP contribution in [0.15, 0.2) is 65.6 Å². The lowest BCUT2D eigenvalue weighted by Gasteiger charge is -2.38. The van der Waals surface area contributed by atoms with E-state index in [9.17, 15) is 39.6 Å². The van der Waals surface area contributed by atoms with Crippen LogP contribution in [-0.4, -0.2) is 51.8 Å². The van der Waals surface area contributed by atoms with Crippen molar-refractivity contribution in [1.82, 2.24) is 4.90 Å². The number of sulfonamides is 1. The van der Waals surface area contributed by atoms with Gasteiger partial charge in [0.2, 0.25) is 0 Å². The van der Waals surface area contributed by atoms with E-state index in [1.807, 2.05) is 0 Å². The van der Waals surface area contributed by atoms with Gasteiger partial charge in [0.25, 0.3) is 15.9 Å². The molecule has 7 nitrogen and oxygen atoms in total. The van der Waals surface area contributed by atoms with Gasteiger partial charge in [0, 0.05) is 19.2 Å². The Balaban J connectivity index is 1.62. The van der Waals surface area contributed by atoms with Crippen molar-refractivity contribution in [1.29, 1.82) is 0 Å². The fraction of sp³-hybridized carbons (Fsp3) is 0.296. The molecule has 218 valence electrons. The third-order valence-electron chi connectivity index (χ3n) is 6.71. The zero-order valence-corrected chi connectivity index (χ0v) is 21.9. The van der Waals surface area contributed by atoms with Crippen molar-refractivity contribution in [2.24, 2.45) is 0 Å². The van der Waals surface area contributed by atoms with Crippen LogP contribution in [0, 0.1) is 5.82 Å². The molecule has 0 unspecified atom stereocenters. The van der Waals surface area contributed by atoms with E-state index < -0.39 is 57.4 Å². The van der Waals surface area contributed by atoms with Crippen LogP contribution in [0.1, 0.15) is 28.8 Å². The van der Waals surface area contributed by atoms with Crippen molar-refractivity contribution >= 4 is 21.6 Å². The van der Waals surface area contributed by atoms with E-state index in [2.05, 4.69) is 4.74 Å². The fourth-order valence-corrected chi connectivity index (χ4v) is 6.29. The number of anilines is 1. The second-order valence-electron chi connectivity index (χ2n) is 9.47. The van der Waals surface area contributed by atoms with Gasteiger partial charge in [-0.05, 0) is 66.4 Å². The first-order valence-corrected chi connectivity index (χ1v) is 13.8. The number of benzene rings is 3. The SMILES string of the molecule is O=C1c2ccc(-c3cc(F)cc(OC(F)F)c3)cc2N(S(=O)(=O)c2cccc(C(F)(F)F)c2)CN1C[C@@H]1CCCO1. The molecule has 3 aromatic rings. The number of hydrogen-bond acceptors (Lipinski definition) is 5. The maximum Gasteiger partial charge on any atom is 0.416 e. The lowest BCUT2D eigenvalue weighted by atomic mass is 10.00. The van der Waals surface area contributed by atoms with Crippen molar-refractivity contribution in [2.75, 3.05) is 24.1 Å². The van der Waals surface area contributed by atoms with E-state index in [1.54, 1.807) is 0 Å². The molecule has 3 aromatic carbocycles. The Morgan fingerprint density at radius 2 is 1.80 bits per heavy atom. The lowest BCUT2D eigenvalue weighted by molar-refractivity contribution is -0.137. The molecule has 1 amide bonds. The number of nitrogens with zero attached hydrogens (tertiary/aromatic N) is 2. The van der Waals surface area contributed by atoms with Crippen molar-refractivity contribution in [2.45, 2.75) is 36.6 Å². The summed E-state index contributed by atoms with van der Waals surface area (Å²) in [6.45, 7) is -3.23. The van der Waals surface area contributed by atoms with Gasteiger partial charge >= 0.3 is 12.8 Å². The summed E-state index contributed by atoms with van der Waals surface area (Å²) in [7, 11) is -4.68. The van der Waals surface area contributed by atoms with Gasteiger partial charge in [-0.1, -0.05) is 12.1 Å². The molecule has 0 aromatic heterocycles. The van der Waals surface area contributed by atoms with Crippen LogP contribution in [0.3, 0.4) is 0 Å². The number of hydrogen-bond donors (Lipinski definition) is 0. The second kappa shape index (κ2) is 10.9. The Bertz CT molecular complexity index is 1570. The molecule has 2 aliphatic rings. The molecule has 0 aliphatic carbocycles. The van der Waals surface area contributed by atoms with Gasteiger partial charge in [-0.25, -0.2) is 17.1 Å². The molecule has 0 N–H and O–H groups in total. The summed E-state index contributed by atoms with van der Waals surface area (Å²) in [6.07, 6.45) is -3.77. The molecule has 0 saturated carbocycles. The predicted octanol–water partition coefficient (Wildman–Crippen LogP) is 5.90. The predicted molar refractivity (Wildman–Crippen MR) is 134 cm³/mol. The number of ether oxygens (including phenoxy) is 2. The summed E-state index contributed by atoms with van der Waals surface area (Å²) in [5.74, 6) is -1.94. The first-order valence-electron chi connectivity index (χ1n) is 12.3. The Labute approximate surface area is 230 Å². The van der Waals surface area contributed by atoms with E-state index in [0.717, 1.165) is 47.1 Å². The summed E-state index contributed by atoms with van der Waals surface area (Å²) in [6, 6.07) is 9.96. The topological polar surface area (TPSA) is 76.2 Å². The van der Waals surface area contributed by atoms with Crippen molar-refractivity contribution in [3.8, 4) is 16.9 Å². The molecule has 0 bridgehead atoms. The van der Waals surface area contributed by atoms with E-state index in [-0.39, 0.29) is 35.0 Å². The number of carbonyl (C=O) groups is 1. The van der Waals surface area contributed by atoms with Crippen LogP contribution in [0.5, 0.6) is 5.75 Å². The standard InChI is InChI=1S/C27H22F6N2O5S/c28-19-9-17(10-21(13-19)40-26(29)30)16-6-7-23-24(11-16)35(15-34(25(23)36)14-20-4-2-8-39-20)41(37,38)22-5-1-3-18(12-22)27(31,32)33/h1,3,5-7,9-13,20,26H,2,4,8,14-15H2/t20-/m0/s1. The van der Waals surface area contributed by atoms with Crippen molar-refractivity contribution in [3.63, 3.8) is 0 Å². The quantitative estimate of drug-likeness (QED) is 0.316. The zero-order valence-electron chi connectivity index (χ0n) is 21.1. The minimum atomic E-state index is -4.81. The fourth-order valence-electron chi connectivity index (χ4n) is 4.80. The molecule has 1 atom stereocenters. The summed E-state index contributed by atoms with van der Waals surface area (Å²) in [5.41, 5.74) is -1.24. The zero-order chi connectivity index (χ0) is 29.5. The Morgan fingerprint density at radius 3 is 2.49 bits per heavy atom. The minimum Gasteiger partial charge on any atom is -0.435 e. The van der Waals surface area contributed by atoms with Crippen LogP contribution in [0.4, 0.5) is 32.0 Å². The lowest BCUT2D eigenvalue weighted by Crippen LogP contribution is -2.51. The van der Waals surface area contributed by atoms with Crippen molar-refractivity contribution in [3.05, 3.63) is 77.6 Å². The Hall–Kier alpha value is -3.78. The second-order valence-corrected chi connectivity index (χ2v) is 11.3. The number of alkyl halides is 5. The van der Waals surface area contributed by atoms with E-state index in [1.165, 1.54) is 23.1 Å².